The molecule has 1 aliphatic rings. The predicted octanol–water partition coefficient (Wildman–Crippen LogP) is 2.61. The summed E-state index contributed by atoms with van der Waals surface area (Å²) in [6, 6.07) is 13.5. The first kappa shape index (κ1) is 16.7. The van der Waals surface area contributed by atoms with Crippen molar-refractivity contribution in [1.29, 1.82) is 0 Å². The number of amides is 1. The number of ketones is 1. The second-order valence-corrected chi connectivity index (χ2v) is 5.61. The average molecular weight is 339 g/mol. The molecule has 0 unspecified atom stereocenters. The fraction of sp³-hybridized carbons (Fsp3) is 0.211. The fourth-order valence-electron chi connectivity index (χ4n) is 2.54. The Labute approximate surface area is 145 Å². The monoisotopic (exact) mass is 339 g/mol. The minimum atomic E-state index is -0.452. The summed E-state index contributed by atoms with van der Waals surface area (Å²) in [6.07, 6.45) is 0.0501. The third-order valence-corrected chi connectivity index (χ3v) is 3.84. The third-order valence-electron chi connectivity index (χ3n) is 3.84. The van der Waals surface area contributed by atoms with Gasteiger partial charge in [0.2, 0.25) is 0 Å². The molecule has 0 N–H and O–H groups in total. The molecule has 128 valence electrons. The van der Waals surface area contributed by atoms with E-state index in [1.807, 2.05) is 12.1 Å². The summed E-state index contributed by atoms with van der Waals surface area (Å²) in [5.41, 5.74) is 1.20. The maximum absolute atomic E-state index is 12.0. The van der Waals surface area contributed by atoms with E-state index < -0.39 is 5.97 Å². The Hall–Kier alpha value is -3.15. The number of hydrogen-bond acceptors (Lipinski definition) is 5. The van der Waals surface area contributed by atoms with Crippen molar-refractivity contribution in [2.75, 3.05) is 18.1 Å². The van der Waals surface area contributed by atoms with Crippen molar-refractivity contribution >= 4 is 23.3 Å². The van der Waals surface area contributed by atoms with Crippen LogP contribution in [0.2, 0.25) is 0 Å². The zero-order chi connectivity index (χ0) is 17.8. The van der Waals surface area contributed by atoms with Crippen LogP contribution < -0.4 is 14.4 Å². The quantitative estimate of drug-likeness (QED) is 0.476. The van der Waals surface area contributed by atoms with E-state index in [4.69, 9.17) is 9.47 Å². The van der Waals surface area contributed by atoms with Crippen LogP contribution in [-0.2, 0) is 9.59 Å². The second kappa shape index (κ2) is 7.17. The van der Waals surface area contributed by atoms with Crippen molar-refractivity contribution in [3.05, 3.63) is 54.1 Å². The first-order valence-corrected chi connectivity index (χ1v) is 7.88. The Morgan fingerprint density at radius 3 is 2.56 bits per heavy atom. The van der Waals surface area contributed by atoms with E-state index in [-0.39, 0.29) is 31.3 Å². The highest BCUT2D eigenvalue weighted by atomic mass is 16.5. The summed E-state index contributed by atoms with van der Waals surface area (Å²) >= 11 is 0. The molecule has 6 heteroatoms. The molecular weight excluding hydrogens is 322 g/mol. The first-order valence-electron chi connectivity index (χ1n) is 7.88. The standard InChI is InChI=1S/C19H17NO5/c1-13(21)14-6-8-15(9-7-14)25-19(23)10-11-20-16-4-2-3-5-17(16)24-12-18(20)22/h2-9H,10-12H2,1H3. The Morgan fingerprint density at radius 1 is 1.12 bits per heavy atom. The number of anilines is 1. The zero-order valence-electron chi connectivity index (χ0n) is 13.7. The number of ether oxygens (including phenoxy) is 2. The Kier molecular flexibility index (Phi) is 4.79. The SMILES string of the molecule is CC(=O)c1ccc(OC(=O)CCN2C(=O)COc3ccccc32)cc1. The normalized spacial score (nSPS) is 13.0. The van der Waals surface area contributed by atoms with E-state index in [1.165, 1.54) is 11.8 Å². The third kappa shape index (κ3) is 3.85. The minimum absolute atomic E-state index is 0.0431. The van der Waals surface area contributed by atoms with Crippen molar-refractivity contribution in [3.63, 3.8) is 0 Å². The molecule has 1 heterocycles. The molecule has 2 aromatic carbocycles. The van der Waals surface area contributed by atoms with Crippen molar-refractivity contribution < 1.29 is 23.9 Å². The van der Waals surface area contributed by atoms with Crippen LogP contribution in [0.1, 0.15) is 23.7 Å². The van der Waals surface area contributed by atoms with Crippen molar-refractivity contribution in [1.82, 2.24) is 0 Å². The molecule has 0 saturated heterocycles. The number of para-hydroxylation sites is 2. The van der Waals surface area contributed by atoms with E-state index in [0.29, 0.717) is 22.7 Å². The molecule has 1 amide bonds. The lowest BCUT2D eigenvalue weighted by Crippen LogP contribution is -2.40. The van der Waals surface area contributed by atoms with E-state index in [0.717, 1.165) is 0 Å². The molecule has 0 atom stereocenters. The highest BCUT2D eigenvalue weighted by Gasteiger charge is 2.25. The van der Waals surface area contributed by atoms with Crippen LogP contribution in [0.3, 0.4) is 0 Å². The lowest BCUT2D eigenvalue weighted by Gasteiger charge is -2.28. The number of esters is 1. The largest absolute Gasteiger partial charge is 0.482 e. The van der Waals surface area contributed by atoms with Crippen LogP contribution in [-0.4, -0.2) is 30.8 Å². The van der Waals surface area contributed by atoms with Gasteiger partial charge in [-0.2, -0.15) is 0 Å². The van der Waals surface area contributed by atoms with Gasteiger partial charge in [0.25, 0.3) is 5.91 Å². The number of benzene rings is 2. The van der Waals surface area contributed by atoms with Crippen LogP contribution in [0.25, 0.3) is 0 Å². The van der Waals surface area contributed by atoms with Crippen molar-refractivity contribution in [2.45, 2.75) is 13.3 Å². The summed E-state index contributed by atoms with van der Waals surface area (Å²) in [5.74, 6) is 0.283. The molecule has 0 saturated carbocycles. The molecule has 1 aliphatic heterocycles. The molecule has 0 fully saturated rings. The highest BCUT2D eigenvalue weighted by Crippen LogP contribution is 2.31. The molecule has 0 bridgehead atoms. The molecule has 3 rings (SSSR count). The molecule has 25 heavy (non-hydrogen) atoms. The molecule has 6 nitrogen and oxygen atoms in total. The molecular formula is C19H17NO5. The average Bonchev–Trinajstić information content (AvgIpc) is 2.61. The van der Waals surface area contributed by atoms with Gasteiger partial charge in [-0.05, 0) is 43.3 Å². The number of fused-ring (bicyclic) bond motifs is 1. The van der Waals surface area contributed by atoms with Gasteiger partial charge in [-0.15, -0.1) is 0 Å². The lowest BCUT2D eigenvalue weighted by atomic mass is 10.1. The van der Waals surface area contributed by atoms with Gasteiger partial charge in [-0.3, -0.25) is 14.4 Å². The first-order chi connectivity index (χ1) is 12.0. The predicted molar refractivity (Wildman–Crippen MR) is 91.0 cm³/mol. The van der Waals surface area contributed by atoms with Crippen LogP contribution >= 0.6 is 0 Å². The zero-order valence-corrected chi connectivity index (χ0v) is 13.7. The van der Waals surface area contributed by atoms with Gasteiger partial charge in [-0.1, -0.05) is 12.1 Å². The van der Waals surface area contributed by atoms with Crippen LogP contribution in [0, 0.1) is 0 Å². The molecule has 2 aromatic rings. The number of rotatable bonds is 5. The Bertz CT molecular complexity index is 813. The second-order valence-electron chi connectivity index (χ2n) is 5.61. The Balaban J connectivity index is 1.60. The van der Waals surface area contributed by atoms with Crippen LogP contribution in [0.15, 0.2) is 48.5 Å². The van der Waals surface area contributed by atoms with Crippen LogP contribution in [0.5, 0.6) is 11.5 Å². The number of carbonyl (C=O) groups excluding carboxylic acids is 3. The van der Waals surface area contributed by atoms with E-state index in [1.54, 1.807) is 36.4 Å². The maximum atomic E-state index is 12.0. The topological polar surface area (TPSA) is 72.9 Å². The number of carbonyl (C=O) groups is 3. The lowest BCUT2D eigenvalue weighted by molar-refractivity contribution is -0.134. The summed E-state index contributed by atoms with van der Waals surface area (Å²) in [4.78, 5) is 36.8. The van der Waals surface area contributed by atoms with Gasteiger partial charge in [0.15, 0.2) is 12.4 Å². The highest BCUT2D eigenvalue weighted by molar-refractivity contribution is 5.98. The maximum Gasteiger partial charge on any atom is 0.312 e. The molecule has 0 spiro atoms. The van der Waals surface area contributed by atoms with Gasteiger partial charge >= 0.3 is 5.97 Å². The fourth-order valence-corrected chi connectivity index (χ4v) is 2.54. The van der Waals surface area contributed by atoms with E-state index in [2.05, 4.69) is 0 Å². The van der Waals surface area contributed by atoms with Gasteiger partial charge in [0.1, 0.15) is 11.5 Å². The van der Waals surface area contributed by atoms with Crippen molar-refractivity contribution in [2.24, 2.45) is 0 Å². The molecule has 0 radical (unpaired) electrons. The number of nitrogens with zero attached hydrogens (tertiary/aromatic N) is 1. The van der Waals surface area contributed by atoms with Crippen LogP contribution in [0.4, 0.5) is 5.69 Å². The van der Waals surface area contributed by atoms with Gasteiger partial charge in [0.05, 0.1) is 12.1 Å². The van der Waals surface area contributed by atoms with E-state index in [9.17, 15) is 14.4 Å². The molecule has 0 aromatic heterocycles. The summed E-state index contributed by atoms with van der Waals surface area (Å²) in [5, 5.41) is 0. The van der Waals surface area contributed by atoms with Gasteiger partial charge < -0.3 is 14.4 Å². The van der Waals surface area contributed by atoms with Crippen molar-refractivity contribution in [3.8, 4) is 11.5 Å². The smallest absolute Gasteiger partial charge is 0.312 e. The Morgan fingerprint density at radius 2 is 1.84 bits per heavy atom. The number of Topliss-reactive ketones (excluding diaryl/α,β-unsaturated/α-hetero) is 1. The van der Waals surface area contributed by atoms with Gasteiger partial charge in [0, 0.05) is 12.1 Å². The molecule has 0 aliphatic carbocycles. The van der Waals surface area contributed by atoms with Gasteiger partial charge in [-0.25, -0.2) is 0 Å². The van der Waals surface area contributed by atoms with E-state index >= 15 is 0 Å². The summed E-state index contributed by atoms with van der Waals surface area (Å²) in [7, 11) is 0. The summed E-state index contributed by atoms with van der Waals surface area (Å²) in [6.45, 7) is 1.64. The summed E-state index contributed by atoms with van der Waals surface area (Å²) < 4.78 is 10.6. The minimum Gasteiger partial charge on any atom is -0.482 e. The number of hydrogen-bond donors (Lipinski definition) is 0.